The van der Waals surface area contributed by atoms with Crippen molar-refractivity contribution in [2.45, 2.75) is 11.8 Å². The molecule has 1 fully saturated rings. The Morgan fingerprint density at radius 3 is 2.84 bits per heavy atom. The number of nitrogens with zero attached hydrogens (tertiary/aromatic N) is 1. The lowest BCUT2D eigenvalue weighted by Crippen LogP contribution is -2.38. The molecule has 1 aliphatic rings. The summed E-state index contributed by atoms with van der Waals surface area (Å²) in [4.78, 5) is 37.9. The maximum Gasteiger partial charge on any atom is 0.333 e. The van der Waals surface area contributed by atoms with Gasteiger partial charge in [0.2, 0.25) is 11.8 Å². The second-order valence-electron chi connectivity index (χ2n) is 5.01. The van der Waals surface area contributed by atoms with Gasteiger partial charge in [0, 0.05) is 17.2 Å². The van der Waals surface area contributed by atoms with Crippen LogP contribution in [0.15, 0.2) is 46.3 Å². The molecule has 134 valence electrons. The van der Waals surface area contributed by atoms with Gasteiger partial charge in [-0.25, -0.2) is 4.79 Å². The van der Waals surface area contributed by atoms with Crippen molar-refractivity contribution < 1.29 is 19.1 Å². The lowest BCUT2D eigenvalue weighted by atomic mass is 10.4. The number of benzene rings is 1. The lowest BCUT2D eigenvalue weighted by molar-refractivity contribution is -0.137. The van der Waals surface area contributed by atoms with Gasteiger partial charge in [0.25, 0.3) is 0 Å². The molecule has 0 saturated carbocycles. The Hall–Kier alpha value is -1.93. The van der Waals surface area contributed by atoms with Gasteiger partial charge in [-0.2, -0.15) is 0 Å². The number of rotatable bonds is 8. The zero-order valence-corrected chi connectivity index (χ0v) is 15.5. The molecule has 8 heteroatoms. The molecular formula is C17H20N2O4S2. The molecule has 2 rings (SSSR count). The van der Waals surface area contributed by atoms with Crippen LogP contribution in [0.4, 0.5) is 0 Å². The standard InChI is InChI=1S/C17H20N2O4S2/c1-2-23-17(22)10-16-19(15(21)12-25-16)11-14(20)18-8-9-24-13-6-4-3-5-7-13/h3-7,10H,2,8-9,11-12H2,1H3,(H,18,20)/b16-10-. The van der Waals surface area contributed by atoms with Crippen LogP contribution in [0.1, 0.15) is 6.92 Å². The summed E-state index contributed by atoms with van der Waals surface area (Å²) in [5.74, 6) is 0.0183. The number of ether oxygens (including phenoxy) is 1. The molecule has 0 bridgehead atoms. The summed E-state index contributed by atoms with van der Waals surface area (Å²) in [5, 5.41) is 3.25. The van der Waals surface area contributed by atoms with E-state index in [0.717, 1.165) is 10.6 Å². The molecule has 1 aromatic rings. The topological polar surface area (TPSA) is 75.7 Å². The molecule has 25 heavy (non-hydrogen) atoms. The van der Waals surface area contributed by atoms with Crippen LogP contribution in [-0.2, 0) is 19.1 Å². The van der Waals surface area contributed by atoms with Crippen molar-refractivity contribution >= 4 is 41.3 Å². The number of esters is 1. The molecule has 0 aromatic heterocycles. The van der Waals surface area contributed by atoms with E-state index in [2.05, 4.69) is 5.32 Å². The van der Waals surface area contributed by atoms with Crippen LogP contribution >= 0.6 is 23.5 Å². The molecule has 1 heterocycles. The minimum atomic E-state index is -0.510. The first-order chi connectivity index (χ1) is 12.1. The van der Waals surface area contributed by atoms with E-state index < -0.39 is 5.97 Å². The summed E-state index contributed by atoms with van der Waals surface area (Å²) in [6.45, 7) is 2.39. The van der Waals surface area contributed by atoms with Crippen molar-refractivity contribution in [2.24, 2.45) is 0 Å². The third kappa shape index (κ3) is 6.47. The summed E-state index contributed by atoms with van der Waals surface area (Å²) in [7, 11) is 0. The van der Waals surface area contributed by atoms with Crippen LogP contribution in [0, 0.1) is 0 Å². The molecule has 0 atom stereocenters. The monoisotopic (exact) mass is 380 g/mol. The molecule has 1 aliphatic heterocycles. The first-order valence-electron chi connectivity index (χ1n) is 7.86. The van der Waals surface area contributed by atoms with Crippen molar-refractivity contribution in [1.29, 1.82) is 0 Å². The molecule has 0 spiro atoms. The number of hydrogen-bond donors (Lipinski definition) is 1. The Bertz CT molecular complexity index is 649. The van der Waals surface area contributed by atoms with Gasteiger partial charge in [-0.15, -0.1) is 11.8 Å². The fourth-order valence-corrected chi connectivity index (χ4v) is 3.78. The van der Waals surface area contributed by atoms with Gasteiger partial charge in [0.15, 0.2) is 0 Å². The van der Waals surface area contributed by atoms with E-state index in [-0.39, 0.29) is 30.7 Å². The lowest BCUT2D eigenvalue weighted by Gasteiger charge is -2.16. The van der Waals surface area contributed by atoms with Crippen LogP contribution in [0.5, 0.6) is 0 Å². The minimum Gasteiger partial charge on any atom is -0.463 e. The second kappa shape index (κ2) is 10.1. The number of carbonyl (C=O) groups excluding carboxylic acids is 3. The average molecular weight is 380 g/mol. The highest BCUT2D eigenvalue weighted by Gasteiger charge is 2.29. The molecule has 1 N–H and O–H groups in total. The summed E-state index contributed by atoms with van der Waals surface area (Å²) >= 11 is 2.88. The Morgan fingerprint density at radius 1 is 1.36 bits per heavy atom. The Morgan fingerprint density at radius 2 is 2.12 bits per heavy atom. The average Bonchev–Trinajstić information content (AvgIpc) is 2.93. The second-order valence-corrected chi connectivity index (χ2v) is 7.18. The normalized spacial score (nSPS) is 15.5. The number of amides is 2. The highest BCUT2D eigenvalue weighted by molar-refractivity contribution is 8.04. The Labute approximate surface area is 155 Å². The zero-order valence-electron chi connectivity index (χ0n) is 13.9. The smallest absolute Gasteiger partial charge is 0.333 e. The Balaban J connectivity index is 1.77. The van der Waals surface area contributed by atoms with E-state index >= 15 is 0 Å². The zero-order chi connectivity index (χ0) is 18.1. The predicted molar refractivity (Wildman–Crippen MR) is 99.1 cm³/mol. The summed E-state index contributed by atoms with van der Waals surface area (Å²) in [6.07, 6.45) is 1.26. The van der Waals surface area contributed by atoms with Crippen molar-refractivity contribution in [3.63, 3.8) is 0 Å². The Kier molecular flexibility index (Phi) is 7.87. The fraction of sp³-hybridized carbons (Fsp3) is 0.353. The van der Waals surface area contributed by atoms with E-state index in [1.54, 1.807) is 18.7 Å². The van der Waals surface area contributed by atoms with Gasteiger partial charge >= 0.3 is 5.97 Å². The minimum absolute atomic E-state index is 0.0902. The van der Waals surface area contributed by atoms with Crippen LogP contribution in [0.3, 0.4) is 0 Å². The molecule has 1 saturated heterocycles. The molecule has 0 aliphatic carbocycles. The molecule has 1 aromatic carbocycles. The van der Waals surface area contributed by atoms with Gasteiger partial charge in [-0.05, 0) is 19.1 Å². The molecule has 6 nitrogen and oxygen atoms in total. The van der Waals surface area contributed by atoms with E-state index in [0.29, 0.717) is 11.6 Å². The van der Waals surface area contributed by atoms with E-state index in [1.165, 1.54) is 22.7 Å². The number of nitrogens with one attached hydrogen (secondary N) is 1. The summed E-state index contributed by atoms with van der Waals surface area (Å²) in [5.41, 5.74) is 0. The van der Waals surface area contributed by atoms with Gasteiger partial charge in [0.05, 0.1) is 23.5 Å². The van der Waals surface area contributed by atoms with Gasteiger partial charge in [0.1, 0.15) is 6.54 Å². The quantitative estimate of drug-likeness (QED) is 0.321. The molecular weight excluding hydrogens is 360 g/mol. The third-order valence-corrected chi connectivity index (χ3v) is 5.22. The van der Waals surface area contributed by atoms with E-state index in [9.17, 15) is 14.4 Å². The van der Waals surface area contributed by atoms with Crippen LogP contribution in [0.2, 0.25) is 0 Å². The van der Waals surface area contributed by atoms with Gasteiger partial charge in [-0.1, -0.05) is 30.0 Å². The first-order valence-corrected chi connectivity index (χ1v) is 9.83. The van der Waals surface area contributed by atoms with Crippen LogP contribution in [0.25, 0.3) is 0 Å². The molecule has 0 unspecified atom stereocenters. The van der Waals surface area contributed by atoms with Crippen molar-refractivity contribution in [1.82, 2.24) is 10.2 Å². The largest absolute Gasteiger partial charge is 0.463 e. The van der Waals surface area contributed by atoms with Crippen molar-refractivity contribution in [3.8, 4) is 0 Å². The molecule has 2 amide bonds. The van der Waals surface area contributed by atoms with E-state index in [1.807, 2.05) is 30.3 Å². The van der Waals surface area contributed by atoms with Crippen molar-refractivity contribution in [2.75, 3.05) is 31.2 Å². The number of carbonyl (C=O) groups is 3. The summed E-state index contributed by atoms with van der Waals surface area (Å²) in [6, 6.07) is 9.92. The van der Waals surface area contributed by atoms with E-state index in [4.69, 9.17) is 4.74 Å². The number of thioether (sulfide) groups is 2. The SMILES string of the molecule is CCOC(=O)/C=C1\SCC(=O)N1CC(=O)NCCSc1ccccc1. The number of hydrogen-bond acceptors (Lipinski definition) is 6. The highest BCUT2D eigenvalue weighted by Crippen LogP contribution is 2.28. The maximum absolute atomic E-state index is 12.0. The maximum atomic E-state index is 12.0. The van der Waals surface area contributed by atoms with Gasteiger partial charge in [-0.3, -0.25) is 14.5 Å². The van der Waals surface area contributed by atoms with Crippen LogP contribution < -0.4 is 5.32 Å². The highest BCUT2D eigenvalue weighted by atomic mass is 32.2. The van der Waals surface area contributed by atoms with Crippen molar-refractivity contribution in [3.05, 3.63) is 41.4 Å². The fourth-order valence-electron chi connectivity index (χ4n) is 2.06. The predicted octanol–water partition coefficient (Wildman–Crippen LogP) is 1.87. The molecule has 0 radical (unpaired) electrons. The summed E-state index contributed by atoms with van der Waals surface area (Å²) < 4.78 is 4.84. The van der Waals surface area contributed by atoms with Gasteiger partial charge < -0.3 is 10.1 Å². The first kappa shape index (κ1) is 19.4. The van der Waals surface area contributed by atoms with Crippen LogP contribution in [-0.4, -0.2) is 53.9 Å². The third-order valence-electron chi connectivity index (χ3n) is 3.18.